The maximum atomic E-state index is 11.5. The molecule has 1 aliphatic rings. The van der Waals surface area contributed by atoms with Gasteiger partial charge in [-0.2, -0.15) is 0 Å². The van der Waals surface area contributed by atoms with Crippen molar-refractivity contribution in [3.05, 3.63) is 47.9 Å². The minimum atomic E-state index is -0.292. The molecule has 1 atom stereocenters. The van der Waals surface area contributed by atoms with Crippen LogP contribution in [0.4, 0.5) is 0 Å². The predicted molar refractivity (Wildman–Crippen MR) is 69.6 cm³/mol. The van der Waals surface area contributed by atoms with Crippen LogP contribution in [0, 0.1) is 5.92 Å². The van der Waals surface area contributed by atoms with E-state index >= 15 is 0 Å². The molecule has 98 valence electrons. The van der Waals surface area contributed by atoms with Crippen molar-refractivity contribution in [3.8, 4) is 11.1 Å². The van der Waals surface area contributed by atoms with Crippen molar-refractivity contribution in [2.24, 2.45) is 5.92 Å². The monoisotopic (exact) mass is 257 g/mol. The average Bonchev–Trinajstić information content (AvgIpc) is 2.99. The molecular formula is C15H15NO3. The van der Waals surface area contributed by atoms with E-state index in [2.05, 4.69) is 18.2 Å². The van der Waals surface area contributed by atoms with Gasteiger partial charge >= 0.3 is 0 Å². The van der Waals surface area contributed by atoms with Crippen molar-refractivity contribution < 1.29 is 14.4 Å². The minimum absolute atomic E-state index is 0.142. The zero-order valence-electron chi connectivity index (χ0n) is 10.4. The predicted octanol–water partition coefficient (Wildman–Crippen LogP) is 2.56. The Hall–Kier alpha value is -2.07. The normalized spacial score (nSPS) is 17.8. The first-order chi connectivity index (χ1) is 9.28. The summed E-state index contributed by atoms with van der Waals surface area (Å²) in [4.78, 5) is 11.5. The molecule has 0 fully saturated rings. The number of amides is 1. The van der Waals surface area contributed by atoms with Gasteiger partial charge in [-0.3, -0.25) is 10.0 Å². The van der Waals surface area contributed by atoms with Gasteiger partial charge < -0.3 is 4.42 Å². The molecule has 1 heterocycles. The molecule has 1 aliphatic carbocycles. The Kier molecular flexibility index (Phi) is 3.09. The van der Waals surface area contributed by atoms with Crippen LogP contribution in [0.3, 0.4) is 0 Å². The van der Waals surface area contributed by atoms with Gasteiger partial charge in [-0.25, -0.2) is 5.48 Å². The molecular weight excluding hydrogens is 242 g/mol. The molecule has 2 aromatic rings. The van der Waals surface area contributed by atoms with E-state index in [0.29, 0.717) is 6.42 Å². The number of carbonyl (C=O) groups is 1. The van der Waals surface area contributed by atoms with E-state index in [9.17, 15) is 4.79 Å². The fourth-order valence-electron chi connectivity index (χ4n) is 2.68. The molecule has 0 radical (unpaired) electrons. The molecule has 0 bridgehead atoms. The Morgan fingerprint density at radius 1 is 1.26 bits per heavy atom. The Morgan fingerprint density at radius 2 is 2.16 bits per heavy atom. The lowest BCUT2D eigenvalue weighted by molar-refractivity contribution is -0.133. The highest BCUT2D eigenvalue weighted by Crippen LogP contribution is 2.30. The fourth-order valence-corrected chi connectivity index (χ4v) is 2.68. The second kappa shape index (κ2) is 4.90. The summed E-state index contributed by atoms with van der Waals surface area (Å²) in [5, 5.41) is 8.73. The van der Waals surface area contributed by atoms with Crippen LogP contribution in [0.25, 0.3) is 11.1 Å². The third kappa shape index (κ3) is 2.27. The SMILES string of the molecule is O=C(NO)C1CCc2ccc(-c3ccoc3)cc2C1. The second-order valence-electron chi connectivity index (χ2n) is 4.91. The summed E-state index contributed by atoms with van der Waals surface area (Å²) in [6.45, 7) is 0. The van der Waals surface area contributed by atoms with Crippen molar-refractivity contribution in [2.75, 3.05) is 0 Å². The second-order valence-corrected chi connectivity index (χ2v) is 4.91. The Labute approximate surface area is 111 Å². The third-order valence-corrected chi connectivity index (χ3v) is 3.77. The zero-order chi connectivity index (χ0) is 13.2. The molecule has 1 aromatic heterocycles. The fraction of sp³-hybridized carbons (Fsp3) is 0.267. The number of aryl methyl sites for hydroxylation is 1. The van der Waals surface area contributed by atoms with Crippen LogP contribution in [-0.2, 0) is 17.6 Å². The number of carbonyl (C=O) groups excluding carboxylic acids is 1. The van der Waals surface area contributed by atoms with Crippen LogP contribution in [-0.4, -0.2) is 11.1 Å². The van der Waals surface area contributed by atoms with E-state index in [1.807, 2.05) is 6.07 Å². The van der Waals surface area contributed by atoms with E-state index in [1.165, 1.54) is 11.1 Å². The quantitative estimate of drug-likeness (QED) is 0.642. The molecule has 1 amide bonds. The third-order valence-electron chi connectivity index (χ3n) is 3.77. The number of furan rings is 1. The van der Waals surface area contributed by atoms with E-state index in [4.69, 9.17) is 9.62 Å². The maximum Gasteiger partial charge on any atom is 0.246 e. The van der Waals surface area contributed by atoms with Crippen LogP contribution >= 0.6 is 0 Å². The van der Waals surface area contributed by atoms with Crippen LogP contribution in [0.5, 0.6) is 0 Å². The minimum Gasteiger partial charge on any atom is -0.472 e. The topological polar surface area (TPSA) is 62.5 Å². The van der Waals surface area contributed by atoms with E-state index in [0.717, 1.165) is 24.0 Å². The molecule has 4 nitrogen and oxygen atoms in total. The van der Waals surface area contributed by atoms with Crippen molar-refractivity contribution in [2.45, 2.75) is 19.3 Å². The first-order valence-electron chi connectivity index (χ1n) is 6.36. The van der Waals surface area contributed by atoms with Gasteiger partial charge in [0.2, 0.25) is 5.91 Å². The molecule has 19 heavy (non-hydrogen) atoms. The van der Waals surface area contributed by atoms with Crippen LogP contribution in [0.1, 0.15) is 17.5 Å². The Balaban J connectivity index is 1.90. The maximum absolute atomic E-state index is 11.5. The lowest BCUT2D eigenvalue weighted by Gasteiger charge is -2.23. The summed E-state index contributed by atoms with van der Waals surface area (Å²) in [5.41, 5.74) is 6.35. The van der Waals surface area contributed by atoms with Crippen LogP contribution in [0.15, 0.2) is 41.2 Å². The van der Waals surface area contributed by atoms with Gasteiger partial charge in [0, 0.05) is 11.5 Å². The number of nitrogens with one attached hydrogen (secondary N) is 1. The lowest BCUT2D eigenvalue weighted by atomic mass is 9.82. The Bertz CT molecular complexity index is 589. The van der Waals surface area contributed by atoms with Gasteiger partial charge in [0.15, 0.2) is 0 Å². The molecule has 1 aromatic carbocycles. The zero-order valence-corrected chi connectivity index (χ0v) is 10.4. The summed E-state index contributed by atoms with van der Waals surface area (Å²) in [7, 11) is 0. The number of hydrogen-bond donors (Lipinski definition) is 2. The number of benzene rings is 1. The van der Waals surface area contributed by atoms with Crippen molar-refractivity contribution in [1.82, 2.24) is 5.48 Å². The molecule has 0 saturated heterocycles. The van der Waals surface area contributed by atoms with Crippen LogP contribution in [0.2, 0.25) is 0 Å². The average molecular weight is 257 g/mol. The number of rotatable bonds is 2. The molecule has 4 heteroatoms. The van der Waals surface area contributed by atoms with Crippen molar-refractivity contribution >= 4 is 5.91 Å². The van der Waals surface area contributed by atoms with Gasteiger partial charge in [0.1, 0.15) is 0 Å². The van der Waals surface area contributed by atoms with E-state index in [1.54, 1.807) is 18.0 Å². The number of hydroxylamine groups is 1. The van der Waals surface area contributed by atoms with E-state index in [-0.39, 0.29) is 11.8 Å². The number of fused-ring (bicyclic) bond motifs is 1. The van der Waals surface area contributed by atoms with E-state index < -0.39 is 0 Å². The van der Waals surface area contributed by atoms with Crippen LogP contribution < -0.4 is 5.48 Å². The highest BCUT2D eigenvalue weighted by molar-refractivity contribution is 5.78. The lowest BCUT2D eigenvalue weighted by Crippen LogP contribution is -2.31. The molecule has 0 aliphatic heterocycles. The standard InChI is InChI=1S/C15H15NO3/c17-15(16-18)12-4-2-10-1-3-11(7-14(10)8-12)13-5-6-19-9-13/h1,3,5-7,9,12,18H,2,4,8H2,(H,16,17). The molecule has 2 N–H and O–H groups in total. The first-order valence-corrected chi connectivity index (χ1v) is 6.36. The summed E-state index contributed by atoms with van der Waals surface area (Å²) in [6.07, 6.45) is 5.69. The summed E-state index contributed by atoms with van der Waals surface area (Å²) in [5.74, 6) is -0.434. The van der Waals surface area contributed by atoms with Gasteiger partial charge in [-0.15, -0.1) is 0 Å². The summed E-state index contributed by atoms with van der Waals surface area (Å²) < 4.78 is 5.09. The molecule has 3 rings (SSSR count). The van der Waals surface area contributed by atoms with Gasteiger partial charge in [-0.05, 0) is 42.0 Å². The summed E-state index contributed by atoms with van der Waals surface area (Å²) in [6, 6.07) is 8.22. The van der Waals surface area contributed by atoms with Gasteiger partial charge in [0.05, 0.1) is 12.5 Å². The van der Waals surface area contributed by atoms with Crippen molar-refractivity contribution in [1.29, 1.82) is 0 Å². The van der Waals surface area contributed by atoms with Gasteiger partial charge in [0.25, 0.3) is 0 Å². The molecule has 0 spiro atoms. The highest BCUT2D eigenvalue weighted by Gasteiger charge is 2.24. The Morgan fingerprint density at radius 3 is 2.89 bits per heavy atom. The van der Waals surface area contributed by atoms with Crippen molar-refractivity contribution in [3.63, 3.8) is 0 Å². The largest absolute Gasteiger partial charge is 0.472 e. The smallest absolute Gasteiger partial charge is 0.246 e. The summed E-state index contributed by atoms with van der Waals surface area (Å²) >= 11 is 0. The molecule has 0 saturated carbocycles. The highest BCUT2D eigenvalue weighted by atomic mass is 16.5. The number of hydrogen-bond acceptors (Lipinski definition) is 3. The van der Waals surface area contributed by atoms with Gasteiger partial charge in [-0.1, -0.05) is 18.2 Å². The molecule has 1 unspecified atom stereocenters. The first kappa shape index (κ1) is 12.0.